The highest BCUT2D eigenvalue weighted by Gasteiger charge is 2.42. The Bertz CT molecular complexity index is 514. The molecule has 0 amide bonds. The predicted octanol–water partition coefficient (Wildman–Crippen LogP) is 1.58. The van der Waals surface area contributed by atoms with E-state index in [-0.39, 0.29) is 6.10 Å². The van der Waals surface area contributed by atoms with Gasteiger partial charge in [-0.3, -0.25) is 5.43 Å². The number of ether oxygens (including phenoxy) is 1. The van der Waals surface area contributed by atoms with Gasteiger partial charge in [-0.1, -0.05) is 18.2 Å². The van der Waals surface area contributed by atoms with Gasteiger partial charge in [-0.2, -0.15) is 0 Å². The molecule has 1 aromatic carbocycles. The van der Waals surface area contributed by atoms with Crippen LogP contribution in [-0.2, 0) is 17.8 Å². The molecule has 4 rings (SSSR count). The van der Waals surface area contributed by atoms with Gasteiger partial charge in [-0.05, 0) is 29.5 Å². The zero-order valence-electron chi connectivity index (χ0n) is 12.1. The molecule has 0 aliphatic carbocycles. The molecular weight excluding hydrogens is 250 g/mol. The molecule has 2 fully saturated rings. The highest BCUT2D eigenvalue weighted by Crippen LogP contribution is 2.43. The molecule has 2 unspecified atom stereocenters. The van der Waals surface area contributed by atoms with E-state index < -0.39 is 0 Å². The Labute approximate surface area is 120 Å². The molecule has 3 aliphatic rings. The lowest BCUT2D eigenvalue weighted by molar-refractivity contribution is -0.0423. The second-order valence-corrected chi connectivity index (χ2v) is 6.59. The van der Waals surface area contributed by atoms with Gasteiger partial charge in [-0.25, -0.2) is 5.01 Å². The van der Waals surface area contributed by atoms with Crippen molar-refractivity contribution >= 4 is 0 Å². The van der Waals surface area contributed by atoms with Gasteiger partial charge in [0, 0.05) is 45.2 Å². The molecule has 3 heterocycles. The number of benzene rings is 1. The number of nitrogens with one attached hydrogen (secondary N) is 2. The van der Waals surface area contributed by atoms with Crippen molar-refractivity contribution in [3.8, 4) is 0 Å². The Hall–Kier alpha value is -0.940. The molecular formula is C16H23N3O. The Morgan fingerprint density at radius 2 is 2.30 bits per heavy atom. The second kappa shape index (κ2) is 4.81. The summed E-state index contributed by atoms with van der Waals surface area (Å²) in [7, 11) is 2.14. The fraction of sp³-hybridized carbons (Fsp3) is 0.625. The van der Waals surface area contributed by atoms with Gasteiger partial charge in [0.1, 0.15) is 0 Å². The highest BCUT2D eigenvalue weighted by molar-refractivity contribution is 5.39. The summed E-state index contributed by atoms with van der Waals surface area (Å²) in [5.74, 6) is 0. The van der Waals surface area contributed by atoms with Crippen molar-refractivity contribution in [1.29, 1.82) is 0 Å². The Kier molecular flexibility index (Phi) is 3.07. The summed E-state index contributed by atoms with van der Waals surface area (Å²) in [6, 6.07) is 6.69. The fourth-order valence-electron chi connectivity index (χ4n) is 4.05. The molecule has 2 atom stereocenters. The number of hydrogen-bond donors (Lipinski definition) is 2. The van der Waals surface area contributed by atoms with Crippen molar-refractivity contribution < 1.29 is 4.74 Å². The van der Waals surface area contributed by atoms with Gasteiger partial charge in [0.25, 0.3) is 0 Å². The van der Waals surface area contributed by atoms with E-state index in [2.05, 4.69) is 41.0 Å². The Balaban J connectivity index is 1.61. The lowest BCUT2D eigenvalue weighted by atomic mass is 9.76. The van der Waals surface area contributed by atoms with Crippen LogP contribution in [-0.4, -0.2) is 31.8 Å². The summed E-state index contributed by atoms with van der Waals surface area (Å²) in [6.45, 7) is 5.12. The number of nitrogens with zero attached hydrogens (tertiary/aromatic N) is 1. The minimum absolute atomic E-state index is 0.270. The predicted molar refractivity (Wildman–Crippen MR) is 78.0 cm³/mol. The highest BCUT2D eigenvalue weighted by atomic mass is 16.5. The largest absolute Gasteiger partial charge is 0.373 e. The first kappa shape index (κ1) is 12.8. The van der Waals surface area contributed by atoms with Crippen LogP contribution in [0, 0.1) is 5.41 Å². The third-order valence-corrected chi connectivity index (χ3v) is 5.14. The molecule has 20 heavy (non-hydrogen) atoms. The van der Waals surface area contributed by atoms with Crippen LogP contribution >= 0.6 is 0 Å². The van der Waals surface area contributed by atoms with Crippen molar-refractivity contribution in [3.63, 3.8) is 0 Å². The standard InChI is InChI=1S/C16H23N3O/c1-19-11-16(10-18-19)5-6-20-15(7-16)13-4-2-3-12-8-17-9-14(12)13/h2-4,15,17-18H,5-11H2,1H3. The van der Waals surface area contributed by atoms with E-state index in [4.69, 9.17) is 4.74 Å². The molecule has 3 aliphatic heterocycles. The summed E-state index contributed by atoms with van der Waals surface area (Å²) in [5, 5.41) is 5.69. The first-order chi connectivity index (χ1) is 9.76. The van der Waals surface area contributed by atoms with Crippen LogP contribution in [0.2, 0.25) is 0 Å². The van der Waals surface area contributed by atoms with E-state index in [9.17, 15) is 0 Å². The quantitative estimate of drug-likeness (QED) is 0.814. The van der Waals surface area contributed by atoms with Crippen LogP contribution in [0.15, 0.2) is 18.2 Å². The summed E-state index contributed by atoms with van der Waals surface area (Å²) in [5.41, 5.74) is 8.21. The number of hydrazine groups is 1. The minimum atomic E-state index is 0.270. The maximum absolute atomic E-state index is 6.14. The third-order valence-electron chi connectivity index (χ3n) is 5.14. The molecule has 1 aromatic rings. The summed E-state index contributed by atoms with van der Waals surface area (Å²) in [6.07, 6.45) is 2.58. The maximum Gasteiger partial charge on any atom is 0.0834 e. The van der Waals surface area contributed by atoms with E-state index >= 15 is 0 Å². The normalized spacial score (nSPS) is 33.8. The van der Waals surface area contributed by atoms with Crippen LogP contribution in [0.5, 0.6) is 0 Å². The minimum Gasteiger partial charge on any atom is -0.373 e. The maximum atomic E-state index is 6.14. The first-order valence-corrected chi connectivity index (χ1v) is 7.63. The van der Waals surface area contributed by atoms with E-state index in [0.29, 0.717) is 5.41 Å². The van der Waals surface area contributed by atoms with Crippen LogP contribution < -0.4 is 10.7 Å². The molecule has 0 saturated carbocycles. The molecule has 2 N–H and O–H groups in total. The SMILES string of the molecule is CN1CC2(CCOC(c3cccc4c3CNC4)C2)CN1. The van der Waals surface area contributed by atoms with Crippen molar-refractivity contribution in [2.24, 2.45) is 5.41 Å². The van der Waals surface area contributed by atoms with Gasteiger partial charge in [0.15, 0.2) is 0 Å². The topological polar surface area (TPSA) is 36.5 Å². The van der Waals surface area contributed by atoms with Gasteiger partial charge in [-0.15, -0.1) is 0 Å². The monoisotopic (exact) mass is 273 g/mol. The first-order valence-electron chi connectivity index (χ1n) is 7.63. The lowest BCUT2D eigenvalue weighted by Gasteiger charge is -2.38. The zero-order valence-corrected chi connectivity index (χ0v) is 12.1. The van der Waals surface area contributed by atoms with Crippen molar-refractivity contribution in [3.05, 3.63) is 34.9 Å². The second-order valence-electron chi connectivity index (χ2n) is 6.59. The molecule has 4 nitrogen and oxygen atoms in total. The zero-order chi connectivity index (χ0) is 13.6. The van der Waals surface area contributed by atoms with Crippen LogP contribution in [0.3, 0.4) is 0 Å². The smallest absolute Gasteiger partial charge is 0.0834 e. The molecule has 0 radical (unpaired) electrons. The molecule has 0 aromatic heterocycles. The van der Waals surface area contributed by atoms with Crippen LogP contribution in [0.4, 0.5) is 0 Å². The average Bonchev–Trinajstić information content (AvgIpc) is 3.06. The summed E-state index contributed by atoms with van der Waals surface area (Å²) >= 11 is 0. The van der Waals surface area contributed by atoms with E-state index in [1.54, 1.807) is 0 Å². The third kappa shape index (κ3) is 2.07. The summed E-state index contributed by atoms with van der Waals surface area (Å²) < 4.78 is 6.14. The van der Waals surface area contributed by atoms with Gasteiger partial charge >= 0.3 is 0 Å². The van der Waals surface area contributed by atoms with E-state index in [0.717, 1.165) is 39.2 Å². The Morgan fingerprint density at radius 1 is 1.35 bits per heavy atom. The molecule has 108 valence electrons. The number of rotatable bonds is 1. The molecule has 0 bridgehead atoms. The van der Waals surface area contributed by atoms with Crippen molar-refractivity contribution in [2.45, 2.75) is 32.0 Å². The average molecular weight is 273 g/mol. The van der Waals surface area contributed by atoms with Crippen molar-refractivity contribution in [2.75, 3.05) is 26.7 Å². The van der Waals surface area contributed by atoms with E-state index in [1.807, 2.05) is 0 Å². The van der Waals surface area contributed by atoms with Crippen molar-refractivity contribution in [1.82, 2.24) is 15.8 Å². The lowest BCUT2D eigenvalue weighted by Crippen LogP contribution is -2.36. The Morgan fingerprint density at radius 3 is 3.15 bits per heavy atom. The number of fused-ring (bicyclic) bond motifs is 1. The van der Waals surface area contributed by atoms with Crippen LogP contribution in [0.1, 0.15) is 35.6 Å². The van der Waals surface area contributed by atoms with Crippen LogP contribution in [0.25, 0.3) is 0 Å². The fourth-order valence-corrected chi connectivity index (χ4v) is 4.05. The molecule has 4 heteroatoms. The van der Waals surface area contributed by atoms with Gasteiger partial charge < -0.3 is 10.1 Å². The molecule has 1 spiro atoms. The number of hydrogen-bond acceptors (Lipinski definition) is 4. The molecule has 2 saturated heterocycles. The summed E-state index contributed by atoms with van der Waals surface area (Å²) in [4.78, 5) is 0. The van der Waals surface area contributed by atoms with E-state index in [1.165, 1.54) is 23.1 Å². The van der Waals surface area contributed by atoms with Gasteiger partial charge in [0.2, 0.25) is 0 Å². The van der Waals surface area contributed by atoms with Gasteiger partial charge in [0.05, 0.1) is 6.10 Å².